The summed E-state index contributed by atoms with van der Waals surface area (Å²) in [4.78, 5) is 0. The van der Waals surface area contributed by atoms with E-state index >= 15 is 0 Å². The molecule has 0 saturated carbocycles. The molecule has 0 bridgehead atoms. The van der Waals surface area contributed by atoms with Gasteiger partial charge in [-0.25, -0.2) is 0 Å². The fourth-order valence-electron chi connectivity index (χ4n) is 7.74. The summed E-state index contributed by atoms with van der Waals surface area (Å²) < 4.78 is 0. The van der Waals surface area contributed by atoms with Gasteiger partial charge in [-0.05, 0) is 131 Å². The molecule has 0 heterocycles. The van der Waals surface area contributed by atoms with Gasteiger partial charge in [0.1, 0.15) is 0 Å². The Labute approximate surface area is 295 Å². The molecule has 0 heteroatoms. The van der Waals surface area contributed by atoms with E-state index in [-0.39, 0.29) is 0 Å². The van der Waals surface area contributed by atoms with Gasteiger partial charge in [0.05, 0.1) is 0 Å². The first kappa shape index (κ1) is 34.2. The third-order valence-corrected chi connectivity index (χ3v) is 10.1. The van der Waals surface area contributed by atoms with Crippen molar-refractivity contribution in [1.29, 1.82) is 0 Å². The predicted molar refractivity (Wildman–Crippen MR) is 211 cm³/mol. The van der Waals surface area contributed by atoms with Gasteiger partial charge >= 0.3 is 0 Å². The Morgan fingerprint density at radius 3 is 1.31 bits per heavy atom. The first-order chi connectivity index (χ1) is 24.2. The fraction of sp³-hybridized carbons (Fsp3) is 0.265. The topological polar surface area (TPSA) is 0 Å². The van der Waals surface area contributed by atoms with Crippen molar-refractivity contribution in [2.45, 2.75) is 84.0 Å². The molecule has 6 aromatic rings. The van der Waals surface area contributed by atoms with Gasteiger partial charge in [0.15, 0.2) is 0 Å². The van der Waals surface area contributed by atoms with Crippen LogP contribution >= 0.6 is 0 Å². The second-order valence-corrected chi connectivity index (χ2v) is 13.9. The zero-order valence-electron chi connectivity index (χ0n) is 29.6. The number of unbranched alkanes of at least 4 members (excludes halogenated alkanes) is 1. The minimum absolute atomic E-state index is 0.421. The molecule has 0 spiro atoms. The van der Waals surface area contributed by atoms with Crippen LogP contribution in [0, 0.1) is 0 Å². The molecule has 0 aliphatic rings. The van der Waals surface area contributed by atoms with Crippen LogP contribution in [0.1, 0.15) is 89.1 Å². The molecule has 0 N–H and O–H groups in total. The minimum atomic E-state index is 0.421. The molecule has 0 nitrogen and oxygen atoms in total. The molecule has 0 aliphatic heterocycles. The first-order valence-electron chi connectivity index (χ1n) is 18.6. The van der Waals surface area contributed by atoms with Gasteiger partial charge < -0.3 is 0 Å². The second-order valence-electron chi connectivity index (χ2n) is 13.9. The zero-order chi connectivity index (χ0) is 33.7. The molecule has 6 aromatic carbocycles. The summed E-state index contributed by atoms with van der Waals surface area (Å²) in [6.07, 6.45) is 11.1. The van der Waals surface area contributed by atoms with Crippen molar-refractivity contribution in [2.24, 2.45) is 0 Å². The van der Waals surface area contributed by atoms with Crippen molar-refractivity contribution in [3.05, 3.63) is 202 Å². The van der Waals surface area contributed by atoms with E-state index < -0.39 is 0 Å². The summed E-state index contributed by atoms with van der Waals surface area (Å²) >= 11 is 0. The number of hydrogen-bond acceptors (Lipinski definition) is 0. The van der Waals surface area contributed by atoms with Crippen molar-refractivity contribution >= 4 is 0 Å². The summed E-state index contributed by atoms with van der Waals surface area (Å²) in [5.74, 6) is 0.421. The molecule has 49 heavy (non-hydrogen) atoms. The number of rotatable bonds is 16. The maximum absolute atomic E-state index is 2.43. The van der Waals surface area contributed by atoms with Gasteiger partial charge in [-0.3, -0.25) is 0 Å². The first-order valence-corrected chi connectivity index (χ1v) is 18.6. The summed E-state index contributed by atoms with van der Waals surface area (Å²) in [6.45, 7) is 4.86. The lowest BCUT2D eigenvalue weighted by atomic mass is 9.75. The molecule has 0 atom stereocenters. The van der Waals surface area contributed by atoms with Crippen LogP contribution in [0.4, 0.5) is 0 Å². The average Bonchev–Trinajstić information content (AvgIpc) is 3.15. The summed E-state index contributed by atoms with van der Waals surface area (Å²) in [6, 6.07) is 55.8. The second kappa shape index (κ2) is 17.6. The summed E-state index contributed by atoms with van der Waals surface area (Å²) in [5.41, 5.74) is 16.6. The Morgan fingerprint density at radius 1 is 0.347 bits per heavy atom. The lowest BCUT2D eigenvalue weighted by Gasteiger charge is -2.30. The third-order valence-electron chi connectivity index (χ3n) is 10.1. The standard InChI is InChI=1S/C49H52/c1-38(2)48-46(33-19-18-27-39-21-8-3-9-22-39)47(37-42-28-14-6-15-29-42)44(36-35-41-25-12-5-13-26-41)45(49(48)43-31-16-7-17-32-43)34-20-30-40-23-10-4-11-24-40/h3-17,21-26,28-29,31-32,38H,18-20,27,30,33-37H2,1-2H3. The highest BCUT2D eigenvalue weighted by Crippen LogP contribution is 2.42. The van der Waals surface area contributed by atoms with E-state index in [4.69, 9.17) is 0 Å². The Bertz CT molecular complexity index is 1840. The van der Waals surface area contributed by atoms with Crippen LogP contribution < -0.4 is 0 Å². The monoisotopic (exact) mass is 640 g/mol. The molecule has 248 valence electrons. The van der Waals surface area contributed by atoms with Crippen LogP contribution in [-0.4, -0.2) is 0 Å². The Hall–Kier alpha value is -4.68. The van der Waals surface area contributed by atoms with E-state index in [2.05, 4.69) is 166 Å². The lowest BCUT2D eigenvalue weighted by Crippen LogP contribution is -2.15. The van der Waals surface area contributed by atoms with Crippen LogP contribution in [0.15, 0.2) is 152 Å². The third kappa shape index (κ3) is 9.27. The van der Waals surface area contributed by atoms with Crippen LogP contribution in [0.3, 0.4) is 0 Å². The van der Waals surface area contributed by atoms with Gasteiger partial charge in [0, 0.05) is 0 Å². The highest BCUT2D eigenvalue weighted by molar-refractivity contribution is 5.76. The van der Waals surface area contributed by atoms with Crippen molar-refractivity contribution in [3.63, 3.8) is 0 Å². The Kier molecular flexibility index (Phi) is 12.3. The molecule has 0 aliphatic carbocycles. The molecular formula is C49H52. The largest absolute Gasteiger partial charge is 0.0622 e. The normalized spacial score (nSPS) is 11.2. The van der Waals surface area contributed by atoms with E-state index in [1.807, 2.05) is 0 Å². The number of aryl methyl sites for hydroxylation is 3. The highest BCUT2D eigenvalue weighted by Gasteiger charge is 2.26. The molecule has 6 rings (SSSR count). The van der Waals surface area contributed by atoms with E-state index in [9.17, 15) is 0 Å². The van der Waals surface area contributed by atoms with Gasteiger partial charge in [-0.1, -0.05) is 166 Å². The fourth-order valence-corrected chi connectivity index (χ4v) is 7.74. The van der Waals surface area contributed by atoms with Crippen molar-refractivity contribution in [1.82, 2.24) is 0 Å². The van der Waals surface area contributed by atoms with E-state index in [0.29, 0.717) is 5.92 Å². The lowest BCUT2D eigenvalue weighted by molar-refractivity contribution is 0.711. The smallest absolute Gasteiger partial charge is 0.00201 e. The molecule has 0 fully saturated rings. The minimum Gasteiger partial charge on any atom is -0.0622 e. The van der Waals surface area contributed by atoms with Crippen molar-refractivity contribution in [2.75, 3.05) is 0 Å². The molecule has 0 radical (unpaired) electrons. The molecule has 0 amide bonds. The van der Waals surface area contributed by atoms with Crippen molar-refractivity contribution in [3.8, 4) is 11.1 Å². The van der Waals surface area contributed by atoms with E-state index in [1.54, 1.807) is 27.8 Å². The SMILES string of the molecule is CC(C)c1c(CCCCc2ccccc2)c(Cc2ccccc2)c(CCc2ccccc2)c(CCCc2ccccc2)c1-c1ccccc1. The van der Waals surface area contributed by atoms with Crippen LogP contribution in [0.2, 0.25) is 0 Å². The Balaban J connectivity index is 1.50. The zero-order valence-corrected chi connectivity index (χ0v) is 29.6. The Morgan fingerprint density at radius 2 is 0.776 bits per heavy atom. The molecular weight excluding hydrogens is 589 g/mol. The van der Waals surface area contributed by atoms with Crippen LogP contribution in [0.5, 0.6) is 0 Å². The van der Waals surface area contributed by atoms with Gasteiger partial charge in [-0.15, -0.1) is 0 Å². The average molecular weight is 641 g/mol. The predicted octanol–water partition coefficient (Wildman–Crippen LogP) is 12.6. The van der Waals surface area contributed by atoms with E-state index in [0.717, 1.165) is 51.4 Å². The van der Waals surface area contributed by atoms with Gasteiger partial charge in [0.2, 0.25) is 0 Å². The van der Waals surface area contributed by atoms with Crippen LogP contribution in [-0.2, 0) is 44.9 Å². The maximum atomic E-state index is 2.43. The number of hydrogen-bond donors (Lipinski definition) is 0. The highest BCUT2D eigenvalue weighted by atomic mass is 14.3. The van der Waals surface area contributed by atoms with Crippen molar-refractivity contribution < 1.29 is 0 Å². The number of benzene rings is 6. The molecule has 0 saturated heterocycles. The summed E-state index contributed by atoms with van der Waals surface area (Å²) in [5, 5.41) is 0. The van der Waals surface area contributed by atoms with Gasteiger partial charge in [-0.2, -0.15) is 0 Å². The summed E-state index contributed by atoms with van der Waals surface area (Å²) in [7, 11) is 0. The van der Waals surface area contributed by atoms with Gasteiger partial charge in [0.25, 0.3) is 0 Å². The quantitative estimate of drug-likeness (QED) is 0.0924. The van der Waals surface area contributed by atoms with E-state index in [1.165, 1.54) is 46.2 Å². The maximum Gasteiger partial charge on any atom is -0.00201 e. The van der Waals surface area contributed by atoms with Crippen LogP contribution in [0.25, 0.3) is 11.1 Å². The molecule has 0 aromatic heterocycles. The molecule has 0 unspecified atom stereocenters.